The summed E-state index contributed by atoms with van der Waals surface area (Å²) in [5, 5.41) is 6.75. The lowest BCUT2D eigenvalue weighted by Gasteiger charge is -2.11. The number of benzene rings is 8. The molecule has 57 heavy (non-hydrogen) atoms. The number of rotatable bonds is 5. The number of thiophene rings is 1. The Morgan fingerprint density at radius 3 is 1.72 bits per heavy atom. The van der Waals surface area contributed by atoms with Gasteiger partial charge in [0.05, 0.1) is 0 Å². The summed E-state index contributed by atoms with van der Waals surface area (Å²) < 4.78 is 15.5. The average Bonchev–Trinajstić information content (AvgIpc) is 3.98. The van der Waals surface area contributed by atoms with Gasteiger partial charge in [0.1, 0.15) is 22.3 Å². The first-order chi connectivity index (χ1) is 28.2. The third-order valence-electron chi connectivity index (χ3n) is 11.0. The zero-order valence-electron chi connectivity index (χ0n) is 30.3. The third kappa shape index (κ3) is 5.12. The van der Waals surface area contributed by atoms with Gasteiger partial charge in [-0.15, -0.1) is 11.3 Å². The molecule has 12 rings (SSSR count). The van der Waals surface area contributed by atoms with Crippen molar-refractivity contribution in [3.8, 4) is 56.4 Å². The molecule has 0 fully saturated rings. The quantitative estimate of drug-likeness (QED) is 0.175. The molecule has 0 aliphatic carbocycles. The summed E-state index contributed by atoms with van der Waals surface area (Å²) >= 11 is 1.83. The second kappa shape index (κ2) is 12.6. The largest absolute Gasteiger partial charge is 0.456 e. The Hall–Kier alpha value is -7.41. The molecule has 0 saturated carbocycles. The van der Waals surface area contributed by atoms with Crippen LogP contribution in [0, 0.1) is 0 Å². The molecule has 6 heteroatoms. The van der Waals surface area contributed by atoms with Gasteiger partial charge >= 0.3 is 0 Å². The molecule has 0 N–H and O–H groups in total. The van der Waals surface area contributed by atoms with Gasteiger partial charge in [-0.05, 0) is 59.2 Å². The molecule has 0 bridgehead atoms. The smallest absolute Gasteiger partial charge is 0.164 e. The summed E-state index contributed by atoms with van der Waals surface area (Å²) in [5.41, 5.74) is 10.5. The van der Waals surface area contributed by atoms with Gasteiger partial charge in [-0.3, -0.25) is 0 Å². The Kier molecular flexibility index (Phi) is 7.03. The lowest BCUT2D eigenvalue weighted by atomic mass is 9.93. The number of furan rings is 2. The summed E-state index contributed by atoms with van der Waals surface area (Å²) in [5.74, 6) is 1.80. The average molecular weight is 748 g/mol. The highest BCUT2D eigenvalue weighted by Crippen LogP contribution is 2.44. The van der Waals surface area contributed by atoms with E-state index < -0.39 is 0 Å². The first-order valence-corrected chi connectivity index (χ1v) is 19.7. The molecule has 12 aromatic rings. The van der Waals surface area contributed by atoms with Gasteiger partial charge in [-0.2, -0.15) is 0 Å². The molecule has 0 spiro atoms. The highest BCUT2D eigenvalue weighted by molar-refractivity contribution is 7.25. The van der Waals surface area contributed by atoms with Crippen molar-refractivity contribution in [2.45, 2.75) is 0 Å². The van der Waals surface area contributed by atoms with E-state index in [1.54, 1.807) is 0 Å². The van der Waals surface area contributed by atoms with Crippen LogP contribution in [0.2, 0.25) is 0 Å². The minimum Gasteiger partial charge on any atom is -0.456 e. The Morgan fingerprint density at radius 2 is 0.912 bits per heavy atom. The molecular formula is C51H29N3O2S. The van der Waals surface area contributed by atoms with Crippen molar-refractivity contribution < 1.29 is 8.83 Å². The number of fused-ring (bicyclic) bond motifs is 9. The predicted molar refractivity (Wildman–Crippen MR) is 234 cm³/mol. The number of hydrogen-bond acceptors (Lipinski definition) is 6. The number of aromatic nitrogens is 3. The molecule has 266 valence electrons. The first kappa shape index (κ1) is 31.9. The van der Waals surface area contributed by atoms with Crippen LogP contribution < -0.4 is 0 Å². The molecule has 4 heterocycles. The molecular weight excluding hydrogens is 719 g/mol. The Balaban J connectivity index is 0.999. The van der Waals surface area contributed by atoms with Gasteiger partial charge in [0.15, 0.2) is 17.5 Å². The number of para-hydroxylation sites is 2. The second-order valence-corrected chi connectivity index (χ2v) is 15.4. The van der Waals surface area contributed by atoms with Gasteiger partial charge in [0.2, 0.25) is 0 Å². The highest BCUT2D eigenvalue weighted by atomic mass is 32.1. The normalized spacial score (nSPS) is 11.9. The Labute approximate surface area is 330 Å². The van der Waals surface area contributed by atoms with Crippen LogP contribution in [0.4, 0.5) is 0 Å². The summed E-state index contributed by atoms with van der Waals surface area (Å²) in [6, 6.07) is 60.9. The van der Waals surface area contributed by atoms with E-state index in [1.807, 2.05) is 78.1 Å². The zero-order valence-corrected chi connectivity index (χ0v) is 31.1. The molecule has 0 unspecified atom stereocenters. The van der Waals surface area contributed by atoms with Crippen molar-refractivity contribution in [2.75, 3.05) is 0 Å². The monoisotopic (exact) mass is 747 g/mol. The van der Waals surface area contributed by atoms with Gasteiger partial charge in [0, 0.05) is 64.0 Å². The van der Waals surface area contributed by atoms with E-state index in [4.69, 9.17) is 23.8 Å². The molecule has 0 aliphatic heterocycles. The fraction of sp³-hybridized carbons (Fsp3) is 0. The summed E-state index contributed by atoms with van der Waals surface area (Å²) in [6.07, 6.45) is 0. The second-order valence-electron chi connectivity index (χ2n) is 14.3. The Bertz CT molecular complexity index is 3530. The van der Waals surface area contributed by atoms with Gasteiger partial charge < -0.3 is 8.83 Å². The topological polar surface area (TPSA) is 65.0 Å². The molecule has 0 amide bonds. The minimum absolute atomic E-state index is 0.593. The molecule has 0 atom stereocenters. The van der Waals surface area contributed by atoms with Crippen LogP contribution in [0.25, 0.3) is 120 Å². The lowest BCUT2D eigenvalue weighted by molar-refractivity contribution is 0.669. The van der Waals surface area contributed by atoms with Crippen LogP contribution in [-0.4, -0.2) is 15.0 Å². The molecule has 4 aromatic heterocycles. The molecule has 0 saturated heterocycles. The van der Waals surface area contributed by atoms with Crippen molar-refractivity contribution in [3.63, 3.8) is 0 Å². The van der Waals surface area contributed by atoms with Crippen molar-refractivity contribution in [3.05, 3.63) is 176 Å². The van der Waals surface area contributed by atoms with E-state index in [0.29, 0.717) is 17.5 Å². The maximum absolute atomic E-state index is 6.71. The standard InChI is InChI=1S/C51H29N3O2S/c1-2-11-31(12-3-1)49-52-50(54-51(53-49)39-16-10-19-43-46(39)37-14-4-7-17-41(37)55-43)32-23-21-30(22-24-32)34-26-27-35(48-47(34)38-15-5-8-18-42(38)56-48)33-25-28-45-40(29-33)36-13-6-9-20-44(36)57-45/h1-29H. The molecule has 0 radical (unpaired) electrons. The van der Waals surface area contributed by atoms with E-state index in [2.05, 4.69) is 109 Å². The first-order valence-electron chi connectivity index (χ1n) is 18.9. The summed E-state index contributed by atoms with van der Waals surface area (Å²) in [6.45, 7) is 0. The van der Waals surface area contributed by atoms with Crippen LogP contribution in [0.15, 0.2) is 185 Å². The summed E-state index contributed by atoms with van der Waals surface area (Å²) in [4.78, 5) is 15.2. The van der Waals surface area contributed by atoms with Crippen LogP contribution in [0.3, 0.4) is 0 Å². The fourth-order valence-electron chi connectivity index (χ4n) is 8.29. The maximum Gasteiger partial charge on any atom is 0.164 e. The van der Waals surface area contributed by atoms with Crippen molar-refractivity contribution in [1.82, 2.24) is 15.0 Å². The lowest BCUT2D eigenvalue weighted by Crippen LogP contribution is -2.00. The SMILES string of the molecule is c1ccc(-c2nc(-c3ccc(-c4ccc(-c5ccc6sc7ccccc7c6c5)c5oc6ccccc6c45)cc3)nc(-c3cccc4oc5ccccc5c34)n2)cc1. The predicted octanol–water partition coefficient (Wildman–Crippen LogP) is 14.4. The van der Waals surface area contributed by atoms with Crippen molar-refractivity contribution in [1.29, 1.82) is 0 Å². The van der Waals surface area contributed by atoms with Gasteiger partial charge in [0.25, 0.3) is 0 Å². The fourth-order valence-corrected chi connectivity index (χ4v) is 9.38. The Morgan fingerprint density at radius 1 is 0.333 bits per heavy atom. The summed E-state index contributed by atoms with van der Waals surface area (Å²) in [7, 11) is 0. The van der Waals surface area contributed by atoms with Gasteiger partial charge in [-0.25, -0.2) is 15.0 Å². The van der Waals surface area contributed by atoms with Crippen LogP contribution >= 0.6 is 11.3 Å². The molecule has 5 nitrogen and oxygen atoms in total. The minimum atomic E-state index is 0.593. The van der Waals surface area contributed by atoms with Crippen LogP contribution in [0.1, 0.15) is 0 Å². The van der Waals surface area contributed by atoms with E-state index in [9.17, 15) is 0 Å². The van der Waals surface area contributed by atoms with Crippen LogP contribution in [0.5, 0.6) is 0 Å². The van der Waals surface area contributed by atoms with E-state index in [1.165, 1.54) is 20.2 Å². The maximum atomic E-state index is 6.71. The third-order valence-corrected chi connectivity index (χ3v) is 12.1. The van der Waals surface area contributed by atoms with Crippen molar-refractivity contribution in [2.24, 2.45) is 0 Å². The van der Waals surface area contributed by atoms with Crippen LogP contribution in [-0.2, 0) is 0 Å². The van der Waals surface area contributed by atoms with E-state index >= 15 is 0 Å². The molecule has 0 aliphatic rings. The number of nitrogens with zero attached hydrogens (tertiary/aromatic N) is 3. The van der Waals surface area contributed by atoms with E-state index in [0.717, 1.165) is 82.8 Å². The van der Waals surface area contributed by atoms with Gasteiger partial charge in [-0.1, -0.05) is 133 Å². The van der Waals surface area contributed by atoms with E-state index in [-0.39, 0.29) is 0 Å². The zero-order chi connectivity index (χ0) is 37.5. The van der Waals surface area contributed by atoms with Crippen molar-refractivity contribution >= 4 is 75.4 Å². The molecule has 8 aromatic carbocycles. The number of hydrogen-bond donors (Lipinski definition) is 0. The highest BCUT2D eigenvalue weighted by Gasteiger charge is 2.20.